The molecule has 28 heavy (non-hydrogen) atoms. The van der Waals surface area contributed by atoms with E-state index >= 15 is 0 Å². The molecule has 3 rings (SSSR count). The van der Waals surface area contributed by atoms with Crippen LogP contribution in [-0.4, -0.2) is 21.8 Å². The highest BCUT2D eigenvalue weighted by molar-refractivity contribution is 5.65. The summed E-state index contributed by atoms with van der Waals surface area (Å²) in [6.07, 6.45) is 3.32. The number of rotatable bonds is 6. The fourth-order valence-electron chi connectivity index (χ4n) is 2.83. The van der Waals surface area contributed by atoms with Crippen molar-refractivity contribution in [3.05, 3.63) is 75.6 Å². The standard InChI is InChI=1S/C19H18F2N4O3/c1-11-9-22-24(10-11)18-5-4-13(6-15(18)20)12(2)23-17-8-14(28-3)7-16(21)19(17)25(26)27/h4-10,12,23H,1-3H3. The minimum absolute atomic E-state index is 0.0541. The summed E-state index contributed by atoms with van der Waals surface area (Å²) >= 11 is 0. The number of aryl methyl sites for hydroxylation is 1. The molecule has 0 amide bonds. The summed E-state index contributed by atoms with van der Waals surface area (Å²) in [5.41, 5.74) is 0.953. The van der Waals surface area contributed by atoms with E-state index in [2.05, 4.69) is 10.4 Å². The molecule has 0 spiro atoms. The average Bonchev–Trinajstić information content (AvgIpc) is 3.06. The van der Waals surface area contributed by atoms with Crippen LogP contribution >= 0.6 is 0 Å². The third-order valence-corrected chi connectivity index (χ3v) is 4.26. The number of halogens is 2. The van der Waals surface area contributed by atoms with Crippen LogP contribution in [0, 0.1) is 28.7 Å². The van der Waals surface area contributed by atoms with Gasteiger partial charge in [0.1, 0.15) is 22.9 Å². The van der Waals surface area contributed by atoms with Gasteiger partial charge in [-0.2, -0.15) is 9.49 Å². The number of hydrogen-bond acceptors (Lipinski definition) is 5. The zero-order chi connectivity index (χ0) is 20.4. The van der Waals surface area contributed by atoms with Crippen LogP contribution in [0.1, 0.15) is 24.1 Å². The maximum absolute atomic E-state index is 14.6. The maximum Gasteiger partial charge on any atom is 0.327 e. The van der Waals surface area contributed by atoms with Gasteiger partial charge in [-0.25, -0.2) is 9.07 Å². The molecule has 0 bridgehead atoms. The summed E-state index contributed by atoms with van der Waals surface area (Å²) < 4.78 is 35.0. The van der Waals surface area contributed by atoms with Gasteiger partial charge in [0.05, 0.1) is 18.2 Å². The Balaban J connectivity index is 1.91. The monoisotopic (exact) mass is 388 g/mol. The van der Waals surface area contributed by atoms with Crippen LogP contribution in [0.15, 0.2) is 42.7 Å². The summed E-state index contributed by atoms with van der Waals surface area (Å²) in [6.45, 7) is 3.54. The molecule has 0 saturated heterocycles. The zero-order valence-electron chi connectivity index (χ0n) is 15.4. The lowest BCUT2D eigenvalue weighted by molar-refractivity contribution is -0.386. The van der Waals surface area contributed by atoms with Gasteiger partial charge in [-0.15, -0.1) is 0 Å². The smallest absolute Gasteiger partial charge is 0.327 e. The van der Waals surface area contributed by atoms with Crippen molar-refractivity contribution in [2.45, 2.75) is 19.9 Å². The molecule has 7 nitrogen and oxygen atoms in total. The lowest BCUT2D eigenvalue weighted by atomic mass is 10.1. The number of aromatic nitrogens is 2. The molecular weight excluding hydrogens is 370 g/mol. The second kappa shape index (κ2) is 7.63. The minimum Gasteiger partial charge on any atom is -0.497 e. The number of benzene rings is 2. The molecule has 0 saturated carbocycles. The van der Waals surface area contributed by atoms with Gasteiger partial charge in [-0.1, -0.05) is 6.07 Å². The molecule has 1 atom stereocenters. The van der Waals surface area contributed by atoms with Crippen LogP contribution in [0.3, 0.4) is 0 Å². The molecule has 0 radical (unpaired) electrons. The van der Waals surface area contributed by atoms with E-state index in [1.165, 1.54) is 23.9 Å². The number of ether oxygens (including phenoxy) is 1. The Labute approximate surface area is 159 Å². The zero-order valence-corrected chi connectivity index (χ0v) is 15.4. The highest BCUT2D eigenvalue weighted by Crippen LogP contribution is 2.35. The highest BCUT2D eigenvalue weighted by atomic mass is 19.1. The van der Waals surface area contributed by atoms with E-state index in [9.17, 15) is 18.9 Å². The number of methoxy groups -OCH3 is 1. The quantitative estimate of drug-likeness (QED) is 0.495. The minimum atomic E-state index is -1.02. The van der Waals surface area contributed by atoms with Crippen molar-refractivity contribution >= 4 is 11.4 Å². The van der Waals surface area contributed by atoms with E-state index in [4.69, 9.17) is 4.74 Å². The fourth-order valence-corrected chi connectivity index (χ4v) is 2.83. The van der Waals surface area contributed by atoms with E-state index in [-0.39, 0.29) is 17.1 Å². The number of nitro benzene ring substituents is 1. The summed E-state index contributed by atoms with van der Waals surface area (Å²) in [5.74, 6) is -1.39. The van der Waals surface area contributed by atoms with Gasteiger partial charge in [-0.3, -0.25) is 10.1 Å². The SMILES string of the molecule is COc1cc(F)c([N+](=O)[O-])c(NC(C)c2ccc(-n3cc(C)cn3)c(F)c2)c1. The van der Waals surface area contributed by atoms with Crippen LogP contribution < -0.4 is 10.1 Å². The molecule has 0 aliphatic heterocycles. The van der Waals surface area contributed by atoms with Crippen molar-refractivity contribution in [1.82, 2.24) is 9.78 Å². The van der Waals surface area contributed by atoms with Crippen molar-refractivity contribution in [3.8, 4) is 11.4 Å². The van der Waals surface area contributed by atoms with E-state index in [1.807, 2.05) is 6.92 Å². The average molecular weight is 388 g/mol. The molecule has 1 N–H and O–H groups in total. The number of nitrogens with zero attached hydrogens (tertiary/aromatic N) is 3. The lowest BCUT2D eigenvalue weighted by Crippen LogP contribution is -2.10. The van der Waals surface area contributed by atoms with Crippen LogP contribution in [0.25, 0.3) is 5.69 Å². The Morgan fingerprint density at radius 2 is 2.00 bits per heavy atom. The van der Waals surface area contributed by atoms with E-state index < -0.39 is 28.3 Å². The molecule has 2 aromatic carbocycles. The van der Waals surface area contributed by atoms with Gasteiger partial charge >= 0.3 is 5.69 Å². The van der Waals surface area contributed by atoms with Gasteiger partial charge < -0.3 is 10.1 Å². The first-order valence-electron chi connectivity index (χ1n) is 8.39. The molecule has 0 aliphatic rings. The third kappa shape index (κ3) is 3.78. The Bertz CT molecular complexity index is 1040. The Morgan fingerprint density at radius 3 is 2.57 bits per heavy atom. The number of anilines is 1. The number of hydrogen-bond donors (Lipinski definition) is 1. The molecular formula is C19H18F2N4O3. The Kier molecular flexibility index (Phi) is 5.25. The normalized spacial score (nSPS) is 11.9. The molecule has 1 unspecified atom stereocenters. The number of nitro groups is 1. The van der Waals surface area contributed by atoms with Gasteiger partial charge in [0.25, 0.3) is 0 Å². The van der Waals surface area contributed by atoms with E-state index in [0.717, 1.165) is 11.6 Å². The molecule has 146 valence electrons. The second-order valence-electron chi connectivity index (χ2n) is 6.30. The molecule has 1 heterocycles. The molecule has 0 aliphatic carbocycles. The summed E-state index contributed by atoms with van der Waals surface area (Å²) in [7, 11) is 1.33. The summed E-state index contributed by atoms with van der Waals surface area (Å²) in [6, 6.07) is 6.29. The highest BCUT2D eigenvalue weighted by Gasteiger charge is 2.24. The van der Waals surface area contributed by atoms with E-state index in [0.29, 0.717) is 5.56 Å². The molecule has 1 aromatic heterocycles. The van der Waals surface area contributed by atoms with Crippen molar-refractivity contribution < 1.29 is 18.4 Å². The first-order chi connectivity index (χ1) is 13.3. The fraction of sp³-hybridized carbons (Fsp3) is 0.211. The third-order valence-electron chi connectivity index (χ3n) is 4.26. The predicted octanol–water partition coefficient (Wildman–Crippen LogP) is 4.55. The van der Waals surface area contributed by atoms with Gasteiger partial charge in [0.2, 0.25) is 5.82 Å². The molecule has 9 heteroatoms. The largest absolute Gasteiger partial charge is 0.497 e. The van der Waals surface area contributed by atoms with Crippen LogP contribution in [0.4, 0.5) is 20.2 Å². The first-order valence-corrected chi connectivity index (χ1v) is 8.39. The van der Waals surface area contributed by atoms with E-state index in [1.54, 1.807) is 31.5 Å². The Morgan fingerprint density at radius 1 is 1.25 bits per heavy atom. The number of nitrogens with one attached hydrogen (secondary N) is 1. The second-order valence-corrected chi connectivity index (χ2v) is 6.30. The summed E-state index contributed by atoms with van der Waals surface area (Å²) in [4.78, 5) is 10.4. The van der Waals surface area contributed by atoms with Gasteiger partial charge in [0.15, 0.2) is 0 Å². The van der Waals surface area contributed by atoms with Gasteiger partial charge in [-0.05, 0) is 37.1 Å². The van der Waals surface area contributed by atoms with Crippen molar-refractivity contribution in [1.29, 1.82) is 0 Å². The molecule has 3 aromatic rings. The van der Waals surface area contributed by atoms with Crippen LogP contribution in [-0.2, 0) is 0 Å². The maximum atomic E-state index is 14.6. The van der Waals surface area contributed by atoms with Crippen molar-refractivity contribution in [3.63, 3.8) is 0 Å². The topological polar surface area (TPSA) is 82.2 Å². The molecule has 0 fully saturated rings. The predicted molar refractivity (Wildman–Crippen MR) is 99.9 cm³/mol. The van der Waals surface area contributed by atoms with Crippen LogP contribution in [0.2, 0.25) is 0 Å². The van der Waals surface area contributed by atoms with Gasteiger partial charge in [0, 0.05) is 24.4 Å². The first kappa shape index (κ1) is 19.3. The van der Waals surface area contributed by atoms with Crippen molar-refractivity contribution in [2.24, 2.45) is 0 Å². The lowest BCUT2D eigenvalue weighted by Gasteiger charge is -2.17. The Hall–Kier alpha value is -3.49. The van der Waals surface area contributed by atoms with Crippen molar-refractivity contribution in [2.75, 3.05) is 12.4 Å². The van der Waals surface area contributed by atoms with Crippen LogP contribution in [0.5, 0.6) is 5.75 Å². The summed E-state index contributed by atoms with van der Waals surface area (Å²) in [5, 5.41) is 18.2.